The molecule has 122 heavy (non-hydrogen) atoms. The SMILES string of the molecule is c1ccc(-c2ccc3sc4ccc5c(c6ccc(-c7ccc8ccccc8c7)cc6n5-c5ccccc5)c4c3c2)cc1.c1ccc(-c2ccc3sc4ccc5c(c6ccc(-c7cccc8ccccc78)cc6n5-c5ccccc5)c4c3c2)cc1.c1ccc(-c2ccc3sc4ccc5c(c6ccc(-c7ccccc7)cc6n5-c5ccccc5)c4c3c2)cc1. The summed E-state index contributed by atoms with van der Waals surface area (Å²) in [5.41, 5.74) is 25.9. The van der Waals surface area contributed by atoms with E-state index < -0.39 is 0 Å². The zero-order chi connectivity index (χ0) is 80.3. The van der Waals surface area contributed by atoms with Crippen LogP contribution in [0.3, 0.4) is 0 Å². The monoisotopic (exact) mass is 1600 g/mol. The zero-order valence-corrected chi connectivity index (χ0v) is 68.7. The Morgan fingerprint density at radius 1 is 0.139 bits per heavy atom. The van der Waals surface area contributed by atoms with Crippen LogP contribution in [-0.4, -0.2) is 13.7 Å². The predicted octanol–water partition coefficient (Wildman–Crippen LogP) is 33.8. The molecule has 0 spiro atoms. The van der Waals surface area contributed by atoms with Gasteiger partial charge in [-0.1, -0.05) is 309 Å². The molecule has 0 fully saturated rings. The van der Waals surface area contributed by atoms with Crippen LogP contribution in [0.4, 0.5) is 0 Å². The van der Waals surface area contributed by atoms with E-state index in [0.29, 0.717) is 0 Å². The van der Waals surface area contributed by atoms with Gasteiger partial charge < -0.3 is 13.7 Å². The second kappa shape index (κ2) is 29.5. The number of rotatable bonds is 9. The van der Waals surface area contributed by atoms with Gasteiger partial charge >= 0.3 is 0 Å². The van der Waals surface area contributed by atoms with Gasteiger partial charge in [0.05, 0.1) is 33.1 Å². The molecule has 0 atom stereocenters. The molecule has 0 aliphatic rings. The number of para-hydroxylation sites is 3. The molecule has 0 aliphatic heterocycles. The number of benzene rings is 20. The summed E-state index contributed by atoms with van der Waals surface area (Å²) in [6, 6.07) is 161. The highest BCUT2D eigenvalue weighted by Crippen LogP contribution is 2.50. The van der Waals surface area contributed by atoms with Crippen LogP contribution in [0.5, 0.6) is 0 Å². The molecule has 0 amide bonds. The second-order valence-corrected chi connectivity index (χ2v) is 35.0. The number of fused-ring (bicyclic) bond motifs is 23. The number of nitrogens with zero attached hydrogens (tertiary/aromatic N) is 3. The van der Waals surface area contributed by atoms with E-state index in [0.717, 1.165) is 0 Å². The van der Waals surface area contributed by atoms with Gasteiger partial charge in [0, 0.05) is 110 Å². The molecule has 0 saturated heterocycles. The maximum atomic E-state index is 2.45. The molecule has 0 N–H and O–H groups in total. The van der Waals surface area contributed by atoms with Crippen LogP contribution >= 0.6 is 34.0 Å². The van der Waals surface area contributed by atoms with Crippen molar-refractivity contribution in [2.45, 2.75) is 0 Å². The molecule has 6 heteroatoms. The van der Waals surface area contributed by atoms with Crippen molar-refractivity contribution >= 4 is 181 Å². The summed E-state index contributed by atoms with van der Waals surface area (Å²) in [5.74, 6) is 0. The van der Waals surface area contributed by atoms with E-state index in [1.807, 2.05) is 34.0 Å². The third kappa shape index (κ3) is 12.0. The third-order valence-corrected chi connectivity index (χ3v) is 28.2. The van der Waals surface area contributed by atoms with Crippen molar-refractivity contribution in [3.63, 3.8) is 0 Å². The maximum Gasteiger partial charge on any atom is 0.0548 e. The molecule has 6 heterocycles. The van der Waals surface area contributed by atoms with E-state index >= 15 is 0 Å². The average molecular weight is 1610 g/mol. The smallest absolute Gasteiger partial charge is 0.0548 e. The van der Waals surface area contributed by atoms with Crippen LogP contribution in [0.15, 0.2) is 443 Å². The number of hydrogen-bond donors (Lipinski definition) is 0. The summed E-state index contributed by atoms with van der Waals surface area (Å²) in [6.45, 7) is 0. The van der Waals surface area contributed by atoms with Crippen molar-refractivity contribution in [3.8, 4) is 83.8 Å². The van der Waals surface area contributed by atoms with Crippen molar-refractivity contribution in [1.29, 1.82) is 0 Å². The first-order valence-corrected chi connectivity index (χ1v) is 44.1. The summed E-state index contributed by atoms with van der Waals surface area (Å²) in [5, 5.41) is 21.0. The van der Waals surface area contributed by atoms with Gasteiger partial charge in [-0.3, -0.25) is 0 Å². The number of hydrogen-bond acceptors (Lipinski definition) is 3. The van der Waals surface area contributed by atoms with Crippen LogP contribution in [0.25, 0.3) is 231 Å². The molecule has 0 radical (unpaired) electrons. The lowest BCUT2D eigenvalue weighted by Crippen LogP contribution is -1.93. The highest BCUT2D eigenvalue weighted by Gasteiger charge is 2.24. The molecule has 0 aliphatic carbocycles. The minimum absolute atomic E-state index is 1.18. The van der Waals surface area contributed by atoms with Gasteiger partial charge in [-0.05, 0) is 222 Å². The fraction of sp³-hybridized carbons (Fsp3) is 0. The molecule has 0 saturated carbocycles. The quantitative estimate of drug-likeness (QED) is 0.137. The summed E-state index contributed by atoms with van der Waals surface area (Å²) in [6.07, 6.45) is 0. The summed E-state index contributed by atoms with van der Waals surface area (Å²) < 4.78 is 15.3. The first-order valence-electron chi connectivity index (χ1n) is 41.7. The molecular formula is C116H73N3S3. The predicted molar refractivity (Wildman–Crippen MR) is 529 cm³/mol. The van der Waals surface area contributed by atoms with Gasteiger partial charge in [0.15, 0.2) is 0 Å². The Kier molecular flexibility index (Phi) is 17.2. The highest BCUT2D eigenvalue weighted by atomic mass is 32.1. The molecule has 570 valence electrons. The Bertz CT molecular complexity index is 8580. The van der Waals surface area contributed by atoms with E-state index in [9.17, 15) is 0 Å². The highest BCUT2D eigenvalue weighted by molar-refractivity contribution is 7.27. The lowest BCUT2D eigenvalue weighted by molar-refractivity contribution is 1.18. The summed E-state index contributed by atoms with van der Waals surface area (Å²) in [4.78, 5) is 0. The number of aromatic nitrogens is 3. The molecule has 26 rings (SSSR count). The lowest BCUT2D eigenvalue weighted by Gasteiger charge is -2.10. The van der Waals surface area contributed by atoms with Crippen LogP contribution in [0, 0.1) is 0 Å². The van der Waals surface area contributed by atoms with Gasteiger partial charge in [-0.2, -0.15) is 0 Å². The van der Waals surface area contributed by atoms with Gasteiger partial charge in [0.25, 0.3) is 0 Å². The fourth-order valence-corrected chi connectivity index (χ4v) is 22.4. The van der Waals surface area contributed by atoms with E-state index in [1.165, 1.54) is 231 Å². The van der Waals surface area contributed by atoms with Crippen LogP contribution in [-0.2, 0) is 0 Å². The topological polar surface area (TPSA) is 14.8 Å². The van der Waals surface area contributed by atoms with Gasteiger partial charge in [-0.15, -0.1) is 34.0 Å². The Morgan fingerprint density at radius 3 is 0.828 bits per heavy atom. The van der Waals surface area contributed by atoms with Crippen LogP contribution < -0.4 is 0 Å². The van der Waals surface area contributed by atoms with Crippen LogP contribution in [0.2, 0.25) is 0 Å². The Labute approximate surface area is 716 Å². The minimum atomic E-state index is 1.18. The van der Waals surface area contributed by atoms with Gasteiger partial charge in [0.1, 0.15) is 0 Å². The maximum absolute atomic E-state index is 2.45. The Balaban J connectivity index is 0.000000104. The van der Waals surface area contributed by atoms with Crippen molar-refractivity contribution in [2.75, 3.05) is 0 Å². The molecule has 20 aromatic carbocycles. The van der Waals surface area contributed by atoms with E-state index in [4.69, 9.17) is 0 Å². The number of thiophene rings is 3. The van der Waals surface area contributed by atoms with E-state index in [1.54, 1.807) is 0 Å². The Hall–Kier alpha value is -15.0. The average Bonchev–Trinajstić information content (AvgIpc) is 1.56. The van der Waals surface area contributed by atoms with Crippen molar-refractivity contribution in [2.24, 2.45) is 0 Å². The summed E-state index contributed by atoms with van der Waals surface area (Å²) in [7, 11) is 0. The fourth-order valence-electron chi connectivity index (χ4n) is 19.1. The molecule has 3 nitrogen and oxygen atoms in total. The standard InChI is InChI=1S/2C40H25NS.C36H23NS/c1-3-10-26(11-4-1)28-19-22-37-34(24-28)40-38(42-37)23-21-35-39(40)33-20-18-29(25-36(33)41(35)30-14-5-2-6-15-30)32-17-9-13-27-12-7-8-16-31(27)32;1-3-9-26(10-4-1)30-18-21-37-34(24-30)40-38(42-37)22-20-35-39(40)33-19-17-31(25-36(33)41(35)32-13-5-2-6-14-32)29-16-15-27-11-7-8-12-28(27)23-29;1-4-10-24(11-5-1)26-17-20-33-30(22-26)36-34(38-33)21-19-31-35(36)29-18-16-27(25-12-6-2-7-13-25)23-32(29)37(31)28-14-8-3-9-15-28/h2*1-25H;1-23H. The molecule has 26 aromatic rings. The van der Waals surface area contributed by atoms with Crippen molar-refractivity contribution < 1.29 is 0 Å². The Morgan fingerprint density at radius 2 is 0.426 bits per heavy atom. The summed E-state index contributed by atoms with van der Waals surface area (Å²) >= 11 is 5.66. The largest absolute Gasteiger partial charge is 0.309 e. The molecular weight excluding hydrogens is 1530 g/mol. The van der Waals surface area contributed by atoms with Crippen LogP contribution in [0.1, 0.15) is 0 Å². The van der Waals surface area contributed by atoms with Gasteiger partial charge in [-0.25, -0.2) is 0 Å². The molecule has 0 unspecified atom stereocenters. The minimum Gasteiger partial charge on any atom is -0.309 e. The first kappa shape index (κ1) is 71.1. The van der Waals surface area contributed by atoms with E-state index in [-0.39, 0.29) is 0 Å². The van der Waals surface area contributed by atoms with Gasteiger partial charge in [0.2, 0.25) is 0 Å². The zero-order valence-electron chi connectivity index (χ0n) is 66.2. The second-order valence-electron chi connectivity index (χ2n) is 31.7. The third-order valence-electron chi connectivity index (χ3n) is 24.7. The van der Waals surface area contributed by atoms with Crippen molar-refractivity contribution in [3.05, 3.63) is 443 Å². The normalized spacial score (nSPS) is 11.8. The first-order chi connectivity index (χ1) is 60.5. The molecule has 0 bridgehead atoms. The molecule has 6 aromatic heterocycles. The van der Waals surface area contributed by atoms with Crippen molar-refractivity contribution in [1.82, 2.24) is 13.7 Å². The van der Waals surface area contributed by atoms with E-state index in [2.05, 4.69) is 457 Å². The lowest BCUT2D eigenvalue weighted by atomic mass is 9.97.